The molecule has 0 aliphatic carbocycles. The summed E-state index contributed by atoms with van der Waals surface area (Å²) in [7, 11) is -3.94. The first kappa shape index (κ1) is 26.8. The van der Waals surface area contributed by atoms with Crippen molar-refractivity contribution in [1.29, 1.82) is 0 Å². The molecule has 1 N–H and O–H groups in total. The molecule has 0 heterocycles. The van der Waals surface area contributed by atoms with Crippen LogP contribution in [0.3, 0.4) is 0 Å². The Balaban J connectivity index is 1.62. The minimum Gasteiger partial charge on any atom is -0.354 e. The fourth-order valence-electron chi connectivity index (χ4n) is 3.48. The van der Waals surface area contributed by atoms with Crippen molar-refractivity contribution in [2.45, 2.75) is 37.8 Å². The van der Waals surface area contributed by atoms with Crippen molar-refractivity contribution in [3.8, 4) is 0 Å². The van der Waals surface area contributed by atoms with Crippen molar-refractivity contribution in [2.75, 3.05) is 23.1 Å². The van der Waals surface area contributed by atoms with Crippen molar-refractivity contribution in [1.82, 2.24) is 5.32 Å². The van der Waals surface area contributed by atoms with Crippen LogP contribution in [0.1, 0.15) is 28.7 Å². The molecule has 0 aliphatic rings. The largest absolute Gasteiger partial charge is 0.354 e. The maximum absolute atomic E-state index is 13.5. The standard InChI is InChI=1S/C27H31FN2O3S2/c1-20-6-13-25(14-7-20)35(32,33)30(26-17-21(2)5-8-22(26)3)18-27(31)29-15-4-16-34-19-23-9-11-24(28)12-10-23/h5-14,17H,4,15-16,18-19H2,1-3H3,(H,29,31). The van der Waals surface area contributed by atoms with Crippen LogP contribution in [0.4, 0.5) is 10.1 Å². The number of sulfonamides is 1. The zero-order valence-electron chi connectivity index (χ0n) is 20.3. The van der Waals surface area contributed by atoms with E-state index in [0.717, 1.165) is 40.2 Å². The summed E-state index contributed by atoms with van der Waals surface area (Å²) in [5.74, 6) is 0.981. The van der Waals surface area contributed by atoms with Gasteiger partial charge < -0.3 is 5.32 Å². The molecule has 0 saturated heterocycles. The molecule has 0 atom stereocenters. The number of hydrogen-bond acceptors (Lipinski definition) is 4. The highest BCUT2D eigenvalue weighted by atomic mass is 32.2. The summed E-state index contributed by atoms with van der Waals surface area (Å²) in [6.07, 6.45) is 0.742. The summed E-state index contributed by atoms with van der Waals surface area (Å²) in [6, 6.07) is 18.6. The van der Waals surface area contributed by atoms with Gasteiger partial charge in [-0.05, 0) is 80.0 Å². The first-order valence-corrected chi connectivity index (χ1v) is 14.0. The molecule has 0 aromatic heterocycles. The molecular formula is C27H31FN2O3S2. The van der Waals surface area contributed by atoms with Crippen LogP contribution in [-0.2, 0) is 20.6 Å². The Morgan fingerprint density at radius 1 is 0.943 bits per heavy atom. The fraction of sp³-hybridized carbons (Fsp3) is 0.296. The van der Waals surface area contributed by atoms with E-state index in [-0.39, 0.29) is 23.2 Å². The van der Waals surface area contributed by atoms with E-state index in [0.29, 0.717) is 12.2 Å². The molecule has 0 spiro atoms. The monoisotopic (exact) mass is 514 g/mol. The quantitative estimate of drug-likeness (QED) is 0.349. The van der Waals surface area contributed by atoms with E-state index < -0.39 is 10.0 Å². The molecule has 3 rings (SSSR count). The van der Waals surface area contributed by atoms with E-state index >= 15 is 0 Å². The molecule has 35 heavy (non-hydrogen) atoms. The number of anilines is 1. The number of benzene rings is 3. The number of carbonyl (C=O) groups excluding carboxylic acids is 1. The van der Waals surface area contributed by atoms with Gasteiger partial charge in [0.05, 0.1) is 10.6 Å². The van der Waals surface area contributed by atoms with Crippen LogP contribution in [0.15, 0.2) is 71.6 Å². The predicted octanol–water partition coefficient (Wildman–Crippen LogP) is 5.39. The lowest BCUT2D eigenvalue weighted by Gasteiger charge is -2.26. The third kappa shape index (κ3) is 7.57. The lowest BCUT2D eigenvalue weighted by Crippen LogP contribution is -2.41. The van der Waals surface area contributed by atoms with Gasteiger partial charge in [0.1, 0.15) is 12.4 Å². The second kappa shape index (κ2) is 12.2. The molecular weight excluding hydrogens is 483 g/mol. The number of carbonyl (C=O) groups is 1. The van der Waals surface area contributed by atoms with Crippen molar-refractivity contribution in [2.24, 2.45) is 0 Å². The number of hydrogen-bond donors (Lipinski definition) is 1. The van der Waals surface area contributed by atoms with Gasteiger partial charge in [0.15, 0.2) is 0 Å². The maximum atomic E-state index is 13.5. The normalized spacial score (nSPS) is 11.3. The topological polar surface area (TPSA) is 66.5 Å². The lowest BCUT2D eigenvalue weighted by molar-refractivity contribution is -0.119. The van der Waals surface area contributed by atoms with Crippen LogP contribution in [0.5, 0.6) is 0 Å². The highest BCUT2D eigenvalue weighted by molar-refractivity contribution is 7.98. The highest BCUT2D eigenvalue weighted by Gasteiger charge is 2.28. The van der Waals surface area contributed by atoms with Crippen LogP contribution in [0, 0.1) is 26.6 Å². The molecule has 0 saturated carbocycles. The van der Waals surface area contributed by atoms with E-state index in [9.17, 15) is 17.6 Å². The molecule has 0 radical (unpaired) electrons. The number of rotatable bonds is 11. The second-order valence-electron chi connectivity index (χ2n) is 8.50. The Labute approximate surface area is 211 Å². The van der Waals surface area contributed by atoms with Gasteiger partial charge in [0.25, 0.3) is 10.0 Å². The van der Waals surface area contributed by atoms with E-state index in [1.807, 2.05) is 32.9 Å². The summed E-state index contributed by atoms with van der Waals surface area (Å²) in [6.45, 7) is 5.76. The van der Waals surface area contributed by atoms with Gasteiger partial charge in [-0.2, -0.15) is 11.8 Å². The Morgan fingerprint density at radius 2 is 1.60 bits per heavy atom. The number of halogens is 1. The number of nitrogens with zero attached hydrogens (tertiary/aromatic N) is 1. The zero-order valence-corrected chi connectivity index (χ0v) is 21.9. The van der Waals surface area contributed by atoms with Crippen molar-refractivity contribution >= 4 is 33.4 Å². The third-order valence-corrected chi connectivity index (χ3v) is 8.39. The number of nitrogens with one attached hydrogen (secondary N) is 1. The first-order chi connectivity index (χ1) is 16.7. The smallest absolute Gasteiger partial charge is 0.264 e. The Kier molecular flexibility index (Phi) is 9.34. The summed E-state index contributed by atoms with van der Waals surface area (Å²) in [4.78, 5) is 12.9. The summed E-state index contributed by atoms with van der Waals surface area (Å²) < 4.78 is 41.2. The first-order valence-electron chi connectivity index (χ1n) is 11.4. The number of aryl methyl sites for hydroxylation is 3. The number of amides is 1. The molecule has 0 bridgehead atoms. The minimum absolute atomic E-state index is 0.147. The van der Waals surface area contributed by atoms with Gasteiger partial charge in [0, 0.05) is 12.3 Å². The highest BCUT2D eigenvalue weighted by Crippen LogP contribution is 2.28. The van der Waals surface area contributed by atoms with E-state index in [1.54, 1.807) is 54.2 Å². The van der Waals surface area contributed by atoms with Crippen molar-refractivity contribution in [3.63, 3.8) is 0 Å². The molecule has 0 aliphatic heterocycles. The average molecular weight is 515 g/mol. The van der Waals surface area contributed by atoms with Crippen molar-refractivity contribution < 1.29 is 17.6 Å². The summed E-state index contributed by atoms with van der Waals surface area (Å²) >= 11 is 1.70. The molecule has 1 amide bonds. The van der Waals surface area contributed by atoms with Crippen molar-refractivity contribution in [3.05, 3.63) is 94.8 Å². The van der Waals surface area contributed by atoms with Gasteiger partial charge in [-0.3, -0.25) is 9.10 Å². The molecule has 5 nitrogen and oxygen atoms in total. The number of thioether (sulfide) groups is 1. The molecule has 8 heteroatoms. The Hall–Kier alpha value is -2.84. The maximum Gasteiger partial charge on any atom is 0.264 e. The second-order valence-corrected chi connectivity index (χ2v) is 11.5. The molecule has 186 valence electrons. The SMILES string of the molecule is Cc1ccc(S(=O)(=O)N(CC(=O)NCCCSCc2ccc(F)cc2)c2cc(C)ccc2C)cc1. The van der Waals surface area contributed by atoms with Gasteiger partial charge in [-0.15, -0.1) is 0 Å². The van der Waals surface area contributed by atoms with Crippen LogP contribution in [-0.4, -0.2) is 33.2 Å². The van der Waals surface area contributed by atoms with Crippen LogP contribution < -0.4 is 9.62 Å². The summed E-state index contributed by atoms with van der Waals surface area (Å²) in [5, 5.41) is 2.85. The van der Waals surface area contributed by atoms with E-state index in [4.69, 9.17) is 0 Å². The van der Waals surface area contributed by atoms with E-state index in [1.165, 1.54) is 16.4 Å². The Morgan fingerprint density at radius 3 is 2.29 bits per heavy atom. The average Bonchev–Trinajstić information content (AvgIpc) is 2.83. The van der Waals surface area contributed by atoms with Gasteiger partial charge in [0.2, 0.25) is 5.91 Å². The zero-order chi connectivity index (χ0) is 25.4. The van der Waals surface area contributed by atoms with Gasteiger partial charge in [-0.1, -0.05) is 42.0 Å². The molecule has 3 aromatic rings. The van der Waals surface area contributed by atoms with Gasteiger partial charge in [-0.25, -0.2) is 12.8 Å². The Bertz CT molecular complexity index is 1240. The summed E-state index contributed by atoms with van der Waals surface area (Å²) in [5.41, 5.74) is 4.18. The molecule has 3 aromatic carbocycles. The third-order valence-electron chi connectivity index (χ3n) is 5.50. The fourth-order valence-corrected chi connectivity index (χ4v) is 5.88. The molecule has 0 fully saturated rings. The molecule has 0 unspecified atom stereocenters. The van der Waals surface area contributed by atoms with Crippen LogP contribution in [0.25, 0.3) is 0 Å². The lowest BCUT2D eigenvalue weighted by atomic mass is 10.1. The van der Waals surface area contributed by atoms with E-state index in [2.05, 4.69) is 5.32 Å². The van der Waals surface area contributed by atoms with Crippen LogP contribution in [0.2, 0.25) is 0 Å². The van der Waals surface area contributed by atoms with Crippen LogP contribution >= 0.6 is 11.8 Å². The minimum atomic E-state index is -3.94. The van der Waals surface area contributed by atoms with Gasteiger partial charge >= 0.3 is 0 Å². The predicted molar refractivity (Wildman–Crippen MR) is 142 cm³/mol.